The lowest BCUT2D eigenvalue weighted by atomic mass is 10.1. The van der Waals surface area contributed by atoms with E-state index in [1.54, 1.807) is 4.52 Å². The van der Waals surface area contributed by atoms with Crippen LogP contribution in [-0.4, -0.2) is 75.4 Å². The molecule has 3 aromatic heterocycles. The van der Waals surface area contributed by atoms with E-state index >= 15 is 0 Å². The molecule has 34 heavy (non-hydrogen) atoms. The number of fused-ring (bicyclic) bond motifs is 1. The maximum absolute atomic E-state index is 13.8. The van der Waals surface area contributed by atoms with Crippen LogP contribution in [0.4, 0.5) is 24.8 Å². The molecule has 0 spiro atoms. The van der Waals surface area contributed by atoms with Crippen molar-refractivity contribution in [3.63, 3.8) is 0 Å². The van der Waals surface area contributed by atoms with E-state index in [0.717, 1.165) is 60.2 Å². The van der Waals surface area contributed by atoms with Gasteiger partial charge in [-0.3, -0.25) is 4.90 Å². The first-order valence-corrected chi connectivity index (χ1v) is 12.3. The zero-order chi connectivity index (χ0) is 23.9. The van der Waals surface area contributed by atoms with Crippen molar-refractivity contribution in [2.24, 2.45) is 0 Å². The first kappa shape index (κ1) is 23.2. The van der Waals surface area contributed by atoms with E-state index in [0.29, 0.717) is 32.1 Å². The van der Waals surface area contributed by atoms with Gasteiger partial charge in [0.2, 0.25) is 0 Å². The quantitative estimate of drug-likeness (QED) is 0.594. The summed E-state index contributed by atoms with van der Waals surface area (Å²) in [5.41, 5.74) is 7.24. The van der Waals surface area contributed by atoms with Gasteiger partial charge in [0.15, 0.2) is 11.6 Å². The first-order chi connectivity index (χ1) is 16.3. The number of alkyl halides is 3. The number of hydrogen-bond acceptors (Lipinski definition) is 8. The fourth-order valence-electron chi connectivity index (χ4n) is 4.38. The van der Waals surface area contributed by atoms with Crippen LogP contribution in [0.5, 0.6) is 0 Å². The predicted octanol–water partition coefficient (Wildman–Crippen LogP) is 3.09. The number of nitrogen functional groups attached to an aromatic ring is 1. The van der Waals surface area contributed by atoms with Crippen molar-refractivity contribution >= 4 is 28.9 Å². The fourth-order valence-corrected chi connectivity index (χ4v) is 5.36. The van der Waals surface area contributed by atoms with Crippen LogP contribution in [0.2, 0.25) is 0 Å². The topological polar surface area (TPSA) is 84.8 Å². The van der Waals surface area contributed by atoms with Gasteiger partial charge in [-0.1, -0.05) is 0 Å². The molecule has 5 rings (SSSR count). The Labute approximate surface area is 199 Å². The number of halogens is 3. The van der Waals surface area contributed by atoms with E-state index in [2.05, 4.69) is 26.0 Å². The number of hydrogen-bond donors (Lipinski definition) is 1. The highest BCUT2D eigenvalue weighted by Crippen LogP contribution is 2.37. The van der Waals surface area contributed by atoms with Crippen LogP contribution < -0.4 is 10.6 Å². The summed E-state index contributed by atoms with van der Waals surface area (Å²) in [4.78, 5) is 13.0. The maximum Gasteiger partial charge on any atom is 0.417 e. The molecule has 5 heterocycles. The Bertz CT molecular complexity index is 1190. The van der Waals surface area contributed by atoms with Crippen molar-refractivity contribution in [1.29, 1.82) is 0 Å². The van der Waals surface area contributed by atoms with E-state index in [1.807, 2.05) is 23.6 Å². The average molecular weight is 494 g/mol. The van der Waals surface area contributed by atoms with Crippen molar-refractivity contribution < 1.29 is 17.9 Å². The Hall–Kier alpha value is -2.57. The Morgan fingerprint density at radius 1 is 1.12 bits per heavy atom. The summed E-state index contributed by atoms with van der Waals surface area (Å²) in [6.07, 6.45) is -3.51. The van der Waals surface area contributed by atoms with Gasteiger partial charge >= 0.3 is 6.18 Å². The molecule has 3 aromatic rings. The summed E-state index contributed by atoms with van der Waals surface area (Å²) < 4.78 is 48.7. The molecule has 8 nitrogen and oxygen atoms in total. The minimum Gasteiger partial charge on any atom is -0.384 e. The number of pyridine rings is 1. The molecule has 0 atom stereocenters. The second-order valence-corrected chi connectivity index (χ2v) is 9.68. The number of aryl methyl sites for hydroxylation is 1. The standard InChI is InChI=1S/C22H26F3N7OS/c1-14-15(13-30-4-8-34-9-5-30)10-18-21(31-2-6-33-7-3-31)28-20(29-32(14)18)16-12-27-19(26)11-17(16)22(23,24)25/h10-12H,2-9,13H2,1H3,(H2,26,27). The second kappa shape index (κ2) is 9.23. The van der Waals surface area contributed by atoms with Gasteiger partial charge in [0.1, 0.15) is 11.3 Å². The zero-order valence-corrected chi connectivity index (χ0v) is 19.6. The normalized spacial score (nSPS) is 18.1. The molecular weight excluding hydrogens is 467 g/mol. The predicted molar refractivity (Wildman–Crippen MR) is 126 cm³/mol. The highest BCUT2D eigenvalue weighted by Gasteiger charge is 2.36. The van der Waals surface area contributed by atoms with Crippen molar-refractivity contribution in [2.45, 2.75) is 19.6 Å². The van der Waals surface area contributed by atoms with Crippen molar-refractivity contribution in [3.05, 3.63) is 35.2 Å². The van der Waals surface area contributed by atoms with E-state index in [9.17, 15) is 13.2 Å². The van der Waals surface area contributed by atoms with Crippen LogP contribution >= 0.6 is 11.8 Å². The van der Waals surface area contributed by atoms with Crippen molar-refractivity contribution in [1.82, 2.24) is 24.5 Å². The number of nitrogens with two attached hydrogens (primary N) is 1. The molecule has 0 radical (unpaired) electrons. The maximum atomic E-state index is 13.8. The fraction of sp³-hybridized carbons (Fsp3) is 0.500. The molecule has 12 heteroatoms. The third kappa shape index (κ3) is 4.53. The number of nitrogens with zero attached hydrogens (tertiary/aromatic N) is 6. The number of rotatable bonds is 4. The molecule has 0 bridgehead atoms. The Morgan fingerprint density at radius 3 is 2.56 bits per heavy atom. The van der Waals surface area contributed by atoms with Crippen LogP contribution in [0.25, 0.3) is 16.9 Å². The van der Waals surface area contributed by atoms with Gasteiger partial charge in [-0.25, -0.2) is 14.5 Å². The summed E-state index contributed by atoms with van der Waals surface area (Å²) >= 11 is 1.95. The van der Waals surface area contributed by atoms with E-state index in [4.69, 9.17) is 10.5 Å². The van der Waals surface area contributed by atoms with Gasteiger partial charge < -0.3 is 15.4 Å². The third-order valence-corrected chi connectivity index (χ3v) is 7.18. The highest BCUT2D eigenvalue weighted by atomic mass is 32.2. The Balaban J connectivity index is 1.66. The lowest BCUT2D eigenvalue weighted by Gasteiger charge is -2.28. The summed E-state index contributed by atoms with van der Waals surface area (Å²) in [7, 11) is 0. The molecule has 0 aliphatic carbocycles. The monoisotopic (exact) mass is 493 g/mol. The van der Waals surface area contributed by atoms with E-state index in [-0.39, 0.29) is 17.2 Å². The zero-order valence-electron chi connectivity index (χ0n) is 18.8. The van der Waals surface area contributed by atoms with Crippen LogP contribution in [0, 0.1) is 6.92 Å². The van der Waals surface area contributed by atoms with E-state index < -0.39 is 11.7 Å². The molecule has 0 saturated carbocycles. The third-order valence-electron chi connectivity index (χ3n) is 6.24. The smallest absolute Gasteiger partial charge is 0.384 e. The number of anilines is 2. The molecule has 182 valence electrons. The Morgan fingerprint density at radius 2 is 1.85 bits per heavy atom. The molecule has 2 N–H and O–H groups in total. The van der Waals surface area contributed by atoms with Gasteiger partial charge in [0.25, 0.3) is 0 Å². The summed E-state index contributed by atoms with van der Waals surface area (Å²) in [6.45, 7) is 6.99. The number of thioether (sulfide) groups is 1. The van der Waals surface area contributed by atoms with Crippen LogP contribution in [0.3, 0.4) is 0 Å². The number of ether oxygens (including phenoxy) is 1. The molecule has 2 aliphatic heterocycles. The number of aromatic nitrogens is 4. The van der Waals surface area contributed by atoms with Crippen LogP contribution in [-0.2, 0) is 17.5 Å². The van der Waals surface area contributed by atoms with Gasteiger partial charge in [-0.15, -0.1) is 5.10 Å². The molecular formula is C22H26F3N7OS. The van der Waals surface area contributed by atoms with Gasteiger partial charge in [-0.05, 0) is 24.6 Å². The summed E-state index contributed by atoms with van der Waals surface area (Å²) in [6, 6.07) is 2.90. The van der Waals surface area contributed by atoms with Crippen LogP contribution in [0.1, 0.15) is 16.8 Å². The lowest BCUT2D eigenvalue weighted by Crippen LogP contribution is -2.37. The number of morpholine rings is 1. The largest absolute Gasteiger partial charge is 0.417 e. The lowest BCUT2D eigenvalue weighted by molar-refractivity contribution is -0.137. The second-order valence-electron chi connectivity index (χ2n) is 8.45. The minimum absolute atomic E-state index is 0.0339. The van der Waals surface area contributed by atoms with E-state index in [1.165, 1.54) is 0 Å². The van der Waals surface area contributed by atoms with Gasteiger partial charge in [-0.2, -0.15) is 24.9 Å². The molecule has 0 unspecified atom stereocenters. The molecule has 0 amide bonds. The van der Waals surface area contributed by atoms with Gasteiger partial charge in [0, 0.05) is 56.1 Å². The summed E-state index contributed by atoms with van der Waals surface area (Å²) in [5.74, 6) is 2.56. The van der Waals surface area contributed by atoms with Crippen molar-refractivity contribution in [3.8, 4) is 11.4 Å². The minimum atomic E-state index is -4.62. The molecule has 2 aliphatic rings. The average Bonchev–Trinajstić information content (AvgIpc) is 3.14. The Kier molecular flexibility index (Phi) is 6.30. The first-order valence-electron chi connectivity index (χ1n) is 11.2. The van der Waals surface area contributed by atoms with Gasteiger partial charge in [0.05, 0.1) is 24.3 Å². The highest BCUT2D eigenvalue weighted by molar-refractivity contribution is 7.99. The molecule has 2 fully saturated rings. The SMILES string of the molecule is Cc1c(CN2CCSCC2)cc2c(N3CCOCC3)nc(-c3cnc(N)cc3C(F)(F)F)nn12. The van der Waals surface area contributed by atoms with Crippen LogP contribution in [0.15, 0.2) is 18.3 Å². The summed E-state index contributed by atoms with van der Waals surface area (Å²) in [5, 5.41) is 4.56. The molecule has 2 saturated heterocycles. The van der Waals surface area contributed by atoms with Crippen molar-refractivity contribution in [2.75, 3.05) is 61.5 Å². The molecule has 0 aromatic carbocycles.